The molecule has 0 aromatic heterocycles. The van der Waals surface area contributed by atoms with Gasteiger partial charge in [-0.1, -0.05) is 36.4 Å². The van der Waals surface area contributed by atoms with Crippen LogP contribution in [0, 0.1) is 0 Å². The molecule has 3 heteroatoms. The molecule has 0 heterocycles. The zero-order valence-corrected chi connectivity index (χ0v) is 10.8. The Bertz CT molecular complexity index is 415. The summed E-state index contributed by atoms with van der Waals surface area (Å²) in [7, 11) is 0. The third kappa shape index (κ3) is 3.95. The van der Waals surface area contributed by atoms with E-state index < -0.39 is 0 Å². The molecule has 2 rings (SSSR count). The highest BCUT2D eigenvalue weighted by molar-refractivity contribution is 8.18. The Morgan fingerprint density at radius 3 is 1.53 bits per heavy atom. The van der Waals surface area contributed by atoms with E-state index in [1.807, 2.05) is 60.7 Å². The Morgan fingerprint density at radius 1 is 0.765 bits per heavy atom. The standard InChI is InChI=1S/C14H12OS2/c15-11-14(16-12-7-3-1-4-8-12)17-13-9-5-2-6-10-13/h1-11,14H. The van der Waals surface area contributed by atoms with Crippen molar-refractivity contribution in [3.63, 3.8) is 0 Å². The average Bonchev–Trinajstić information content (AvgIpc) is 2.40. The third-order valence-electron chi connectivity index (χ3n) is 2.10. The SMILES string of the molecule is O=CC(Sc1ccccc1)Sc1ccccc1. The number of carbonyl (C=O) groups is 1. The van der Waals surface area contributed by atoms with Gasteiger partial charge in [-0.05, 0) is 24.3 Å². The molecule has 0 aliphatic heterocycles. The summed E-state index contributed by atoms with van der Waals surface area (Å²) in [5, 5.41) is 0. The monoisotopic (exact) mass is 260 g/mol. The van der Waals surface area contributed by atoms with E-state index >= 15 is 0 Å². The van der Waals surface area contributed by atoms with Gasteiger partial charge in [-0.25, -0.2) is 0 Å². The zero-order valence-electron chi connectivity index (χ0n) is 9.15. The first-order valence-corrected chi connectivity index (χ1v) is 7.03. The lowest BCUT2D eigenvalue weighted by Crippen LogP contribution is -1.97. The summed E-state index contributed by atoms with van der Waals surface area (Å²) in [6.45, 7) is 0. The van der Waals surface area contributed by atoms with Crippen LogP contribution in [0.3, 0.4) is 0 Å². The van der Waals surface area contributed by atoms with Crippen LogP contribution < -0.4 is 0 Å². The first kappa shape index (κ1) is 12.3. The van der Waals surface area contributed by atoms with Crippen molar-refractivity contribution in [1.82, 2.24) is 0 Å². The molecule has 2 aromatic carbocycles. The highest BCUT2D eigenvalue weighted by Crippen LogP contribution is 2.33. The van der Waals surface area contributed by atoms with Gasteiger partial charge in [0.2, 0.25) is 0 Å². The van der Waals surface area contributed by atoms with Crippen LogP contribution in [-0.4, -0.2) is 10.9 Å². The molecule has 86 valence electrons. The van der Waals surface area contributed by atoms with Gasteiger partial charge in [0.25, 0.3) is 0 Å². The lowest BCUT2D eigenvalue weighted by Gasteiger charge is -2.09. The van der Waals surface area contributed by atoms with E-state index in [0.29, 0.717) is 0 Å². The summed E-state index contributed by atoms with van der Waals surface area (Å²) >= 11 is 3.16. The van der Waals surface area contributed by atoms with Gasteiger partial charge in [0, 0.05) is 9.79 Å². The predicted molar refractivity (Wildman–Crippen MR) is 74.5 cm³/mol. The minimum atomic E-state index is -0.0974. The van der Waals surface area contributed by atoms with Crippen LogP contribution in [0.25, 0.3) is 0 Å². The maximum absolute atomic E-state index is 11.1. The van der Waals surface area contributed by atoms with Crippen molar-refractivity contribution in [2.24, 2.45) is 0 Å². The van der Waals surface area contributed by atoms with Gasteiger partial charge in [0.1, 0.15) is 10.9 Å². The number of benzene rings is 2. The lowest BCUT2D eigenvalue weighted by atomic mass is 10.4. The molecule has 0 unspecified atom stereocenters. The zero-order chi connectivity index (χ0) is 11.9. The smallest absolute Gasteiger partial charge is 0.143 e. The first-order chi connectivity index (χ1) is 8.38. The Kier molecular flexibility index (Phi) is 4.71. The topological polar surface area (TPSA) is 17.1 Å². The van der Waals surface area contributed by atoms with Crippen LogP contribution in [0.5, 0.6) is 0 Å². The fourth-order valence-corrected chi connectivity index (χ4v) is 3.48. The summed E-state index contributed by atoms with van der Waals surface area (Å²) in [5.41, 5.74) is 0. The van der Waals surface area contributed by atoms with E-state index in [2.05, 4.69) is 0 Å². The molecule has 0 atom stereocenters. The highest BCUT2D eigenvalue weighted by Gasteiger charge is 2.10. The molecule has 0 bridgehead atoms. The van der Waals surface area contributed by atoms with E-state index in [-0.39, 0.29) is 4.58 Å². The Morgan fingerprint density at radius 2 is 1.18 bits per heavy atom. The largest absolute Gasteiger partial charge is 0.301 e. The second-order valence-electron chi connectivity index (χ2n) is 3.37. The van der Waals surface area contributed by atoms with E-state index in [9.17, 15) is 4.79 Å². The Balaban J connectivity index is 2.01. The first-order valence-electron chi connectivity index (χ1n) is 5.27. The maximum atomic E-state index is 11.1. The number of carbonyl (C=O) groups excluding carboxylic acids is 1. The number of hydrogen-bond acceptors (Lipinski definition) is 3. The lowest BCUT2D eigenvalue weighted by molar-refractivity contribution is -0.106. The fourth-order valence-electron chi connectivity index (χ4n) is 1.35. The number of thioether (sulfide) groups is 2. The highest BCUT2D eigenvalue weighted by atomic mass is 32.2. The molecule has 0 aliphatic carbocycles. The van der Waals surface area contributed by atoms with Crippen LogP contribution in [0.1, 0.15) is 0 Å². The van der Waals surface area contributed by atoms with E-state index in [0.717, 1.165) is 16.1 Å². The van der Waals surface area contributed by atoms with Crippen LogP contribution in [-0.2, 0) is 4.79 Å². The van der Waals surface area contributed by atoms with Gasteiger partial charge >= 0.3 is 0 Å². The van der Waals surface area contributed by atoms with Crippen LogP contribution in [0.15, 0.2) is 70.5 Å². The number of aldehydes is 1. The quantitative estimate of drug-likeness (QED) is 0.458. The molecule has 17 heavy (non-hydrogen) atoms. The molecule has 0 spiro atoms. The normalized spacial score (nSPS) is 10.4. The number of hydrogen-bond donors (Lipinski definition) is 0. The summed E-state index contributed by atoms with van der Waals surface area (Å²) in [4.78, 5) is 13.3. The maximum Gasteiger partial charge on any atom is 0.143 e. The predicted octanol–water partition coefficient (Wildman–Crippen LogP) is 4.10. The molecule has 0 saturated carbocycles. The Labute approximate surface area is 110 Å². The van der Waals surface area contributed by atoms with Crippen molar-refractivity contribution in [2.45, 2.75) is 14.4 Å². The second kappa shape index (κ2) is 6.52. The number of rotatable bonds is 5. The van der Waals surface area contributed by atoms with Crippen molar-refractivity contribution in [3.8, 4) is 0 Å². The van der Waals surface area contributed by atoms with Crippen molar-refractivity contribution in [1.29, 1.82) is 0 Å². The van der Waals surface area contributed by atoms with Crippen molar-refractivity contribution in [2.75, 3.05) is 0 Å². The molecule has 0 N–H and O–H groups in total. The van der Waals surface area contributed by atoms with Crippen molar-refractivity contribution < 1.29 is 4.79 Å². The summed E-state index contributed by atoms with van der Waals surface area (Å²) < 4.78 is -0.0974. The van der Waals surface area contributed by atoms with Crippen molar-refractivity contribution >= 4 is 29.8 Å². The minimum absolute atomic E-state index is 0.0974. The second-order valence-corrected chi connectivity index (χ2v) is 6.09. The van der Waals surface area contributed by atoms with Gasteiger partial charge < -0.3 is 4.79 Å². The van der Waals surface area contributed by atoms with Crippen LogP contribution in [0.4, 0.5) is 0 Å². The van der Waals surface area contributed by atoms with Crippen molar-refractivity contribution in [3.05, 3.63) is 60.7 Å². The van der Waals surface area contributed by atoms with Crippen LogP contribution >= 0.6 is 23.5 Å². The van der Waals surface area contributed by atoms with E-state index in [1.54, 1.807) is 23.5 Å². The van der Waals surface area contributed by atoms with Gasteiger partial charge in [0.15, 0.2) is 0 Å². The molecule has 0 fully saturated rings. The molecule has 0 aliphatic rings. The molecule has 1 nitrogen and oxygen atoms in total. The van der Waals surface area contributed by atoms with E-state index in [4.69, 9.17) is 0 Å². The summed E-state index contributed by atoms with van der Waals surface area (Å²) in [5.74, 6) is 0. The van der Waals surface area contributed by atoms with Gasteiger partial charge in [-0.2, -0.15) is 0 Å². The molecule has 0 saturated heterocycles. The van der Waals surface area contributed by atoms with Gasteiger partial charge in [-0.3, -0.25) is 0 Å². The average molecular weight is 260 g/mol. The van der Waals surface area contributed by atoms with Gasteiger partial charge in [-0.15, -0.1) is 23.5 Å². The van der Waals surface area contributed by atoms with Gasteiger partial charge in [0.05, 0.1) is 0 Å². The molecule has 2 aromatic rings. The fraction of sp³-hybridized carbons (Fsp3) is 0.0714. The summed E-state index contributed by atoms with van der Waals surface area (Å²) in [6.07, 6.45) is 0.995. The third-order valence-corrected chi connectivity index (χ3v) is 4.45. The minimum Gasteiger partial charge on any atom is -0.301 e. The molecule has 0 amide bonds. The summed E-state index contributed by atoms with van der Waals surface area (Å²) in [6, 6.07) is 20.0. The molecular weight excluding hydrogens is 248 g/mol. The molecule has 0 radical (unpaired) electrons. The molecular formula is C14H12OS2. The van der Waals surface area contributed by atoms with E-state index in [1.165, 1.54) is 0 Å². The van der Waals surface area contributed by atoms with Crippen LogP contribution in [0.2, 0.25) is 0 Å². The Hall–Kier alpha value is -1.19.